The molecule has 2 spiro atoms. The minimum atomic E-state index is -0.922. The Kier molecular flexibility index (Phi) is 9.07. The smallest absolute Gasteiger partial charge is 0.411 e. The molecule has 1 unspecified atom stereocenters. The highest BCUT2D eigenvalue weighted by molar-refractivity contribution is 6.18. The van der Waals surface area contributed by atoms with Crippen LogP contribution in [0.1, 0.15) is 73.8 Å². The van der Waals surface area contributed by atoms with Crippen molar-refractivity contribution in [2.45, 2.75) is 81.9 Å². The molecule has 4 aromatic rings. The van der Waals surface area contributed by atoms with E-state index in [2.05, 4.69) is 15.6 Å². The molecule has 5 saturated carbocycles. The van der Waals surface area contributed by atoms with E-state index in [4.69, 9.17) is 45.1 Å². The summed E-state index contributed by atoms with van der Waals surface area (Å²) >= 11 is 6.30. The summed E-state index contributed by atoms with van der Waals surface area (Å²) in [7, 11) is 4.59. The first-order valence-corrected chi connectivity index (χ1v) is 19.6. The van der Waals surface area contributed by atoms with Crippen LogP contribution in [0.5, 0.6) is 17.2 Å². The van der Waals surface area contributed by atoms with Crippen LogP contribution in [0.4, 0.5) is 16.2 Å². The average Bonchev–Trinajstić information content (AvgIpc) is 3.76. The molecule has 2 amide bonds. The lowest BCUT2D eigenvalue weighted by molar-refractivity contribution is -0.390. The van der Waals surface area contributed by atoms with E-state index in [0.29, 0.717) is 88.6 Å². The van der Waals surface area contributed by atoms with Crippen molar-refractivity contribution in [3.8, 4) is 17.2 Å². The van der Waals surface area contributed by atoms with E-state index >= 15 is 0 Å². The maximum absolute atomic E-state index is 13.9. The van der Waals surface area contributed by atoms with Crippen molar-refractivity contribution < 1.29 is 43.0 Å². The molecular formula is C41H46ClN3O9. The first-order valence-electron chi connectivity index (χ1n) is 19.0. The second kappa shape index (κ2) is 13.8. The van der Waals surface area contributed by atoms with Crippen LogP contribution in [0.15, 0.2) is 42.5 Å². The molecule has 3 N–H and O–H groups in total. The van der Waals surface area contributed by atoms with Crippen LogP contribution in [0.25, 0.3) is 21.7 Å². The van der Waals surface area contributed by atoms with E-state index in [0.717, 1.165) is 60.3 Å². The number of anilines is 2. The number of halogens is 1. The van der Waals surface area contributed by atoms with Crippen molar-refractivity contribution in [1.82, 2.24) is 4.98 Å². The van der Waals surface area contributed by atoms with Crippen molar-refractivity contribution in [3.63, 3.8) is 0 Å². The number of alkyl halides is 1. The number of hydrogen-bond acceptors (Lipinski definition) is 9. The van der Waals surface area contributed by atoms with Gasteiger partial charge in [-0.2, -0.15) is 9.78 Å². The van der Waals surface area contributed by atoms with E-state index in [1.54, 1.807) is 25.3 Å². The SMILES string of the molecule is COc1cc2cc(C(=O)Nc3cc(NC(=O)OC4CCC[C@]5(C4)OOC4(O5)C5CC6CC(C5)CC4C6)c4ccccc4c3CCCl)[nH]c2c(OC)c1OC. The maximum Gasteiger partial charge on any atom is 0.411 e. The number of amides is 2. The number of H-pyrrole nitrogens is 1. The highest BCUT2D eigenvalue weighted by atomic mass is 35.5. The number of ether oxygens (including phenoxy) is 5. The summed E-state index contributed by atoms with van der Waals surface area (Å²) in [5.41, 5.74) is 2.72. The van der Waals surface area contributed by atoms with Crippen molar-refractivity contribution >= 4 is 56.7 Å². The zero-order chi connectivity index (χ0) is 37.2. The Morgan fingerprint density at radius 1 is 0.889 bits per heavy atom. The Morgan fingerprint density at radius 3 is 2.33 bits per heavy atom. The molecule has 3 aromatic carbocycles. The second-order valence-electron chi connectivity index (χ2n) is 15.6. The molecule has 6 aliphatic rings. The zero-order valence-corrected chi connectivity index (χ0v) is 31.5. The quantitative estimate of drug-likeness (QED) is 0.113. The van der Waals surface area contributed by atoms with Crippen molar-refractivity contribution in [2.75, 3.05) is 37.8 Å². The van der Waals surface area contributed by atoms with Crippen LogP contribution >= 0.6 is 11.6 Å². The normalized spacial score (nSPS) is 29.6. The highest BCUT2D eigenvalue weighted by Crippen LogP contribution is 2.64. The Morgan fingerprint density at radius 2 is 1.63 bits per heavy atom. The van der Waals surface area contributed by atoms with Gasteiger partial charge in [-0.15, -0.1) is 11.6 Å². The van der Waals surface area contributed by atoms with Crippen LogP contribution in [0.3, 0.4) is 0 Å². The average molecular weight is 760 g/mol. The molecule has 1 saturated heterocycles. The summed E-state index contributed by atoms with van der Waals surface area (Å²) in [5, 5.41) is 8.40. The van der Waals surface area contributed by atoms with Gasteiger partial charge in [0.2, 0.25) is 17.3 Å². The molecule has 2 atom stereocenters. The molecule has 5 aliphatic carbocycles. The Hall–Kier alpha value is -4.23. The number of carbonyl (C=O) groups excluding carboxylic acids is 2. The lowest BCUT2D eigenvalue weighted by Gasteiger charge is -2.57. The van der Waals surface area contributed by atoms with Crippen LogP contribution in [-0.4, -0.2) is 61.9 Å². The third kappa shape index (κ3) is 5.93. The lowest BCUT2D eigenvalue weighted by atomic mass is 9.53. The van der Waals surface area contributed by atoms with Crippen LogP contribution in [0.2, 0.25) is 0 Å². The van der Waals surface area contributed by atoms with Gasteiger partial charge in [-0.25, -0.2) is 4.79 Å². The van der Waals surface area contributed by atoms with Gasteiger partial charge in [0.05, 0.1) is 32.5 Å². The molecule has 4 bridgehead atoms. The second-order valence-corrected chi connectivity index (χ2v) is 16.0. The monoisotopic (exact) mass is 759 g/mol. The van der Waals surface area contributed by atoms with Crippen LogP contribution in [0, 0.1) is 23.7 Å². The van der Waals surface area contributed by atoms with Crippen molar-refractivity contribution in [1.29, 1.82) is 0 Å². The number of aromatic nitrogens is 1. The minimum absolute atomic E-state index is 0.291. The van der Waals surface area contributed by atoms with Crippen molar-refractivity contribution in [3.05, 3.63) is 53.7 Å². The van der Waals surface area contributed by atoms with Gasteiger partial charge in [0.15, 0.2) is 11.5 Å². The number of rotatable bonds is 9. The first-order chi connectivity index (χ1) is 26.2. The maximum atomic E-state index is 13.9. The molecular weight excluding hydrogens is 714 g/mol. The molecule has 54 heavy (non-hydrogen) atoms. The molecule has 6 fully saturated rings. The third-order valence-electron chi connectivity index (χ3n) is 12.5. The van der Waals surface area contributed by atoms with Gasteiger partial charge < -0.3 is 34.0 Å². The lowest BCUT2D eigenvalue weighted by Crippen LogP contribution is -2.59. The third-order valence-corrected chi connectivity index (χ3v) is 12.7. The van der Waals surface area contributed by atoms with Gasteiger partial charge >= 0.3 is 6.09 Å². The number of fused-ring (bicyclic) bond motifs is 2. The summed E-state index contributed by atoms with van der Waals surface area (Å²) in [6.07, 6.45) is 7.90. The molecule has 13 heteroatoms. The van der Waals surface area contributed by atoms with Gasteiger partial charge in [-0.3, -0.25) is 10.1 Å². The fourth-order valence-corrected chi connectivity index (χ4v) is 10.6. The summed E-state index contributed by atoms with van der Waals surface area (Å²) in [5.74, 6) is 1.88. The van der Waals surface area contributed by atoms with Crippen molar-refractivity contribution in [2.24, 2.45) is 23.7 Å². The number of benzene rings is 3. The molecule has 1 aromatic heterocycles. The zero-order valence-electron chi connectivity index (χ0n) is 30.8. The Balaban J connectivity index is 0.948. The fourth-order valence-electron chi connectivity index (χ4n) is 10.4. The summed E-state index contributed by atoms with van der Waals surface area (Å²) in [6, 6.07) is 13.0. The summed E-state index contributed by atoms with van der Waals surface area (Å²) < 4.78 is 29.6. The number of aromatic amines is 1. The predicted molar refractivity (Wildman–Crippen MR) is 202 cm³/mol. The molecule has 12 nitrogen and oxygen atoms in total. The molecule has 1 aliphatic heterocycles. The summed E-state index contributed by atoms with van der Waals surface area (Å²) in [6.45, 7) is 0. The Bertz CT molecular complexity index is 2090. The molecule has 286 valence electrons. The fraction of sp³-hybridized carbons (Fsp3) is 0.512. The van der Waals surface area contributed by atoms with Crippen LogP contribution in [-0.2, 0) is 25.7 Å². The number of hydrogen-bond donors (Lipinski definition) is 3. The van der Waals surface area contributed by atoms with Crippen LogP contribution < -0.4 is 24.8 Å². The molecule has 0 radical (unpaired) electrons. The standard InChI is InChI=1S/C41H46ClN3O9/c1-48-34-19-24-18-33(43-35(24)37(50-3)36(34)49-2)38(46)44-31-20-32(29-9-5-4-8-28(29)30(31)10-12-42)45-39(47)51-27-7-6-11-40(21-27)52-41(54-53-40)25-14-22-13-23(16-25)17-26(41)15-22/h4-5,8-9,18-20,22-23,25-27,43H,6-7,10-17,21H2,1-3H3,(H,44,46)(H,45,47)/t22?,23?,25?,26?,27?,40-,41?/m1/s1. The van der Waals surface area contributed by atoms with E-state index < -0.39 is 29.7 Å². The summed E-state index contributed by atoms with van der Waals surface area (Å²) in [4.78, 5) is 43.1. The van der Waals surface area contributed by atoms with Gasteiger partial charge in [-0.1, -0.05) is 24.3 Å². The Labute approximate surface area is 318 Å². The number of aryl methyl sites for hydroxylation is 1. The molecule has 10 rings (SSSR count). The minimum Gasteiger partial charge on any atom is -0.493 e. The highest BCUT2D eigenvalue weighted by Gasteiger charge is 2.67. The number of nitrogens with one attached hydrogen (secondary N) is 3. The van der Waals surface area contributed by atoms with Gasteiger partial charge in [0, 0.05) is 47.0 Å². The van der Waals surface area contributed by atoms with E-state index in [-0.39, 0.29) is 0 Å². The first kappa shape index (κ1) is 35.5. The predicted octanol–water partition coefficient (Wildman–Crippen LogP) is 8.70. The largest absolute Gasteiger partial charge is 0.493 e. The topological polar surface area (TPSA) is 139 Å². The van der Waals surface area contributed by atoms with E-state index in [1.165, 1.54) is 20.6 Å². The van der Waals surface area contributed by atoms with Gasteiger partial charge in [0.25, 0.3) is 5.91 Å². The number of methoxy groups -OCH3 is 3. The van der Waals surface area contributed by atoms with E-state index in [9.17, 15) is 9.59 Å². The van der Waals surface area contributed by atoms with E-state index in [1.807, 2.05) is 24.3 Å². The van der Waals surface area contributed by atoms with Gasteiger partial charge in [0.1, 0.15) is 11.8 Å². The van der Waals surface area contributed by atoms with Gasteiger partial charge in [-0.05, 0) is 92.4 Å². The molecule has 2 heterocycles. The number of carbonyl (C=O) groups is 2.